The van der Waals surface area contributed by atoms with Crippen LogP contribution in [0.5, 0.6) is 5.88 Å². The van der Waals surface area contributed by atoms with E-state index in [9.17, 15) is 4.39 Å². The first kappa shape index (κ1) is 18.8. The van der Waals surface area contributed by atoms with Gasteiger partial charge in [-0.05, 0) is 48.8 Å². The molecule has 1 heterocycles. The van der Waals surface area contributed by atoms with Crippen LogP contribution >= 0.6 is 0 Å². The topological polar surface area (TPSA) is 35.0 Å². The number of hydrogen-bond acceptors (Lipinski definition) is 3. The lowest BCUT2D eigenvalue weighted by molar-refractivity contribution is 0.277. The predicted octanol–water partition coefficient (Wildman–Crippen LogP) is 5.83. The van der Waals surface area contributed by atoms with E-state index in [1.54, 1.807) is 12.1 Å². The molecule has 0 spiro atoms. The summed E-state index contributed by atoms with van der Waals surface area (Å²) >= 11 is 0. The quantitative estimate of drug-likeness (QED) is 0.626. The van der Waals surface area contributed by atoms with Gasteiger partial charge in [-0.3, -0.25) is 0 Å². The molecule has 140 valence electrons. The lowest BCUT2D eigenvalue weighted by atomic mass is 9.80. The summed E-state index contributed by atoms with van der Waals surface area (Å²) in [5, 5.41) is 8.21. The van der Waals surface area contributed by atoms with E-state index in [0.29, 0.717) is 18.2 Å². The van der Waals surface area contributed by atoms with E-state index in [4.69, 9.17) is 4.74 Å². The molecule has 1 aliphatic rings. The number of benzene rings is 1. The molecule has 3 rings (SSSR count). The second-order valence-electron chi connectivity index (χ2n) is 7.58. The molecule has 2 aromatic rings. The molecule has 1 saturated carbocycles. The third-order valence-electron chi connectivity index (χ3n) is 5.40. The SMILES string of the molecule is CCCOc1ccc(-c2ccc(CCC3CCC(C)CC3)c(F)c2)nn1. The van der Waals surface area contributed by atoms with Crippen LogP contribution < -0.4 is 4.74 Å². The minimum atomic E-state index is -0.139. The average molecular weight is 356 g/mol. The van der Waals surface area contributed by atoms with Gasteiger partial charge in [-0.1, -0.05) is 51.7 Å². The van der Waals surface area contributed by atoms with Gasteiger partial charge in [-0.25, -0.2) is 4.39 Å². The van der Waals surface area contributed by atoms with Crippen LogP contribution in [0.4, 0.5) is 4.39 Å². The molecule has 1 aromatic heterocycles. The van der Waals surface area contributed by atoms with Gasteiger partial charge >= 0.3 is 0 Å². The Bertz CT molecular complexity index is 694. The molecular formula is C22H29FN2O. The van der Waals surface area contributed by atoms with E-state index in [1.807, 2.05) is 25.1 Å². The maximum atomic E-state index is 14.5. The molecule has 0 unspecified atom stereocenters. The number of hydrogen-bond donors (Lipinski definition) is 0. The summed E-state index contributed by atoms with van der Waals surface area (Å²) in [4.78, 5) is 0. The molecule has 0 amide bonds. The van der Waals surface area contributed by atoms with Crippen LogP contribution in [-0.4, -0.2) is 16.8 Å². The summed E-state index contributed by atoms with van der Waals surface area (Å²) in [5.41, 5.74) is 2.23. The van der Waals surface area contributed by atoms with Crippen LogP contribution in [0.1, 0.15) is 57.9 Å². The van der Waals surface area contributed by atoms with Gasteiger partial charge < -0.3 is 4.74 Å². The smallest absolute Gasteiger partial charge is 0.233 e. The number of rotatable bonds is 7. The molecule has 0 N–H and O–H groups in total. The molecule has 0 saturated heterocycles. The van der Waals surface area contributed by atoms with E-state index in [0.717, 1.165) is 42.2 Å². The Morgan fingerprint density at radius 2 is 1.88 bits per heavy atom. The van der Waals surface area contributed by atoms with Crippen LogP contribution in [0.3, 0.4) is 0 Å². The fraction of sp³-hybridized carbons (Fsp3) is 0.545. The van der Waals surface area contributed by atoms with Gasteiger partial charge in [-0.15, -0.1) is 10.2 Å². The number of aromatic nitrogens is 2. The van der Waals surface area contributed by atoms with Crippen molar-refractivity contribution in [3.8, 4) is 17.1 Å². The summed E-state index contributed by atoms with van der Waals surface area (Å²) in [5.74, 6) is 1.99. The molecule has 0 bridgehead atoms. The lowest BCUT2D eigenvalue weighted by Crippen LogP contribution is -2.13. The summed E-state index contributed by atoms with van der Waals surface area (Å²) in [7, 11) is 0. The van der Waals surface area contributed by atoms with Gasteiger partial charge in [0.25, 0.3) is 0 Å². The standard InChI is InChI=1S/C22H29FN2O/c1-3-14-26-22-13-12-21(24-25-22)19-11-10-18(20(23)15-19)9-8-17-6-4-16(2)5-7-17/h10-13,15-17H,3-9,14H2,1-2H3. The van der Waals surface area contributed by atoms with Gasteiger partial charge in [0.1, 0.15) is 5.82 Å². The highest BCUT2D eigenvalue weighted by molar-refractivity contribution is 5.59. The largest absolute Gasteiger partial charge is 0.477 e. The van der Waals surface area contributed by atoms with Crippen molar-refractivity contribution in [2.75, 3.05) is 6.61 Å². The Labute approximate surface area is 156 Å². The maximum absolute atomic E-state index is 14.5. The first-order valence-corrected chi connectivity index (χ1v) is 9.91. The van der Waals surface area contributed by atoms with E-state index in [2.05, 4.69) is 17.1 Å². The van der Waals surface area contributed by atoms with Gasteiger partial charge in [0.2, 0.25) is 5.88 Å². The Hall–Kier alpha value is -1.97. The zero-order chi connectivity index (χ0) is 18.4. The van der Waals surface area contributed by atoms with Crippen molar-refractivity contribution in [1.29, 1.82) is 0 Å². The van der Waals surface area contributed by atoms with E-state index >= 15 is 0 Å². The number of aryl methyl sites for hydroxylation is 1. The van der Waals surface area contributed by atoms with Gasteiger partial charge in [0.15, 0.2) is 0 Å². The maximum Gasteiger partial charge on any atom is 0.233 e. The third-order valence-corrected chi connectivity index (χ3v) is 5.40. The minimum Gasteiger partial charge on any atom is -0.477 e. The minimum absolute atomic E-state index is 0.139. The highest BCUT2D eigenvalue weighted by Gasteiger charge is 2.18. The Morgan fingerprint density at radius 3 is 2.54 bits per heavy atom. The van der Waals surface area contributed by atoms with Crippen molar-refractivity contribution >= 4 is 0 Å². The Balaban J connectivity index is 1.60. The van der Waals surface area contributed by atoms with Crippen molar-refractivity contribution < 1.29 is 9.13 Å². The third kappa shape index (κ3) is 5.03. The molecule has 0 radical (unpaired) electrons. The molecule has 0 aliphatic heterocycles. The first-order valence-electron chi connectivity index (χ1n) is 9.91. The molecule has 0 atom stereocenters. The second-order valence-corrected chi connectivity index (χ2v) is 7.58. The molecule has 1 aromatic carbocycles. The summed E-state index contributed by atoms with van der Waals surface area (Å²) < 4.78 is 20.0. The number of nitrogens with zero attached hydrogens (tertiary/aromatic N) is 2. The molecule has 1 aliphatic carbocycles. The molecule has 1 fully saturated rings. The van der Waals surface area contributed by atoms with Crippen LogP contribution in [-0.2, 0) is 6.42 Å². The fourth-order valence-electron chi connectivity index (χ4n) is 3.64. The second kappa shape index (κ2) is 9.11. The van der Waals surface area contributed by atoms with Crippen molar-refractivity contribution in [3.05, 3.63) is 41.7 Å². The molecule has 4 heteroatoms. The lowest BCUT2D eigenvalue weighted by Gasteiger charge is -2.26. The van der Waals surface area contributed by atoms with Crippen LogP contribution in [0.2, 0.25) is 0 Å². The van der Waals surface area contributed by atoms with Crippen LogP contribution in [0.15, 0.2) is 30.3 Å². The monoisotopic (exact) mass is 356 g/mol. The molecule has 3 nitrogen and oxygen atoms in total. The van der Waals surface area contributed by atoms with Crippen LogP contribution in [0, 0.1) is 17.7 Å². The summed E-state index contributed by atoms with van der Waals surface area (Å²) in [6, 6.07) is 9.04. The Kier molecular flexibility index (Phi) is 6.59. The summed E-state index contributed by atoms with van der Waals surface area (Å²) in [6.45, 7) is 5.00. The van der Waals surface area contributed by atoms with Gasteiger partial charge in [0.05, 0.1) is 12.3 Å². The zero-order valence-electron chi connectivity index (χ0n) is 15.9. The van der Waals surface area contributed by atoms with Crippen molar-refractivity contribution in [1.82, 2.24) is 10.2 Å². The van der Waals surface area contributed by atoms with E-state index in [-0.39, 0.29) is 5.82 Å². The van der Waals surface area contributed by atoms with Crippen molar-refractivity contribution in [2.45, 2.75) is 58.8 Å². The van der Waals surface area contributed by atoms with E-state index < -0.39 is 0 Å². The first-order chi connectivity index (χ1) is 12.7. The Morgan fingerprint density at radius 1 is 1.08 bits per heavy atom. The average Bonchev–Trinajstić information content (AvgIpc) is 2.67. The van der Waals surface area contributed by atoms with E-state index in [1.165, 1.54) is 25.7 Å². The normalized spacial score (nSPS) is 20.1. The van der Waals surface area contributed by atoms with Gasteiger partial charge in [0, 0.05) is 11.6 Å². The van der Waals surface area contributed by atoms with Crippen molar-refractivity contribution in [2.24, 2.45) is 11.8 Å². The number of ether oxygens (including phenoxy) is 1. The number of halogens is 1. The fourth-order valence-corrected chi connectivity index (χ4v) is 3.64. The zero-order valence-corrected chi connectivity index (χ0v) is 15.9. The highest BCUT2D eigenvalue weighted by atomic mass is 19.1. The highest BCUT2D eigenvalue weighted by Crippen LogP contribution is 2.31. The van der Waals surface area contributed by atoms with Crippen molar-refractivity contribution in [3.63, 3.8) is 0 Å². The summed E-state index contributed by atoms with van der Waals surface area (Å²) in [6.07, 6.45) is 8.07. The van der Waals surface area contributed by atoms with Gasteiger partial charge in [-0.2, -0.15) is 0 Å². The molecular weight excluding hydrogens is 327 g/mol. The molecule has 26 heavy (non-hydrogen) atoms. The predicted molar refractivity (Wildman–Crippen MR) is 103 cm³/mol. The van der Waals surface area contributed by atoms with Crippen LogP contribution in [0.25, 0.3) is 11.3 Å².